The van der Waals surface area contributed by atoms with Crippen molar-refractivity contribution >= 4 is 35.9 Å². The molecule has 3 aromatic carbocycles. The van der Waals surface area contributed by atoms with Gasteiger partial charge in [-0.15, -0.1) is 17.5 Å². The van der Waals surface area contributed by atoms with E-state index in [9.17, 15) is 9.18 Å². The summed E-state index contributed by atoms with van der Waals surface area (Å²) >= 11 is 0. The van der Waals surface area contributed by atoms with Gasteiger partial charge >= 0.3 is 0 Å². The van der Waals surface area contributed by atoms with E-state index in [1.165, 1.54) is 24.3 Å². The summed E-state index contributed by atoms with van der Waals surface area (Å²) in [6, 6.07) is 22.7. The molecule has 1 atom stereocenters. The first-order valence-corrected chi connectivity index (χ1v) is 10.3. The summed E-state index contributed by atoms with van der Waals surface area (Å²) in [7, 11) is 1.62. The molecule has 9 heteroatoms. The lowest BCUT2D eigenvalue weighted by atomic mass is 10.0. The molecule has 0 bridgehead atoms. The van der Waals surface area contributed by atoms with Crippen molar-refractivity contribution in [2.24, 2.45) is 0 Å². The number of benzene rings is 3. The number of hydrogen-bond acceptors (Lipinski definition) is 5. The van der Waals surface area contributed by atoms with Crippen LogP contribution in [0.5, 0.6) is 5.75 Å². The number of hydrogen-bond donors (Lipinski definition) is 2. The van der Waals surface area contributed by atoms with Gasteiger partial charge in [-0.2, -0.15) is 4.98 Å². The Morgan fingerprint density at radius 2 is 1.74 bits per heavy atom. The number of rotatable bonds is 5. The quantitative estimate of drug-likeness (QED) is 0.415. The van der Waals surface area contributed by atoms with Crippen molar-refractivity contribution in [3.63, 3.8) is 0 Å². The molecule has 0 saturated carbocycles. The summed E-state index contributed by atoms with van der Waals surface area (Å²) in [5.74, 6) is 0.564. The normalized spacial score (nSPS) is 14.2. The zero-order valence-electron chi connectivity index (χ0n) is 18.1. The Bertz CT molecular complexity index is 1320. The van der Waals surface area contributed by atoms with Crippen LogP contribution < -0.4 is 15.4 Å². The smallest absolute Gasteiger partial charge is 0.258 e. The lowest BCUT2D eigenvalue weighted by Gasteiger charge is -2.24. The van der Waals surface area contributed by atoms with Crippen molar-refractivity contribution < 1.29 is 13.9 Å². The first-order valence-electron chi connectivity index (χ1n) is 10.3. The number of nitrogens with one attached hydrogen (secondary N) is 2. The fraction of sp³-hybridized carbons (Fsp3) is 0.0800. The summed E-state index contributed by atoms with van der Waals surface area (Å²) < 4.78 is 20.2. The van der Waals surface area contributed by atoms with E-state index in [0.29, 0.717) is 11.5 Å². The van der Waals surface area contributed by atoms with E-state index >= 15 is 0 Å². The van der Waals surface area contributed by atoms with E-state index in [1.807, 2.05) is 54.6 Å². The van der Waals surface area contributed by atoms with Gasteiger partial charge in [0.25, 0.3) is 11.9 Å². The average molecular weight is 478 g/mol. The first kappa shape index (κ1) is 23.0. The fourth-order valence-corrected chi connectivity index (χ4v) is 3.65. The molecule has 1 aromatic heterocycles. The van der Waals surface area contributed by atoms with Crippen LogP contribution in [0, 0.1) is 5.82 Å². The lowest BCUT2D eigenvalue weighted by molar-refractivity contribution is 0.102. The van der Waals surface area contributed by atoms with E-state index < -0.39 is 11.7 Å². The molecule has 34 heavy (non-hydrogen) atoms. The first-order chi connectivity index (χ1) is 16.1. The Morgan fingerprint density at radius 3 is 2.41 bits per heavy atom. The van der Waals surface area contributed by atoms with Gasteiger partial charge in [0.05, 0.1) is 7.11 Å². The zero-order chi connectivity index (χ0) is 22.8. The van der Waals surface area contributed by atoms with Crippen molar-refractivity contribution in [3.05, 3.63) is 107 Å². The number of anilines is 2. The lowest BCUT2D eigenvalue weighted by Crippen LogP contribution is -2.20. The monoisotopic (exact) mass is 477 g/mol. The number of allylic oxidation sites excluding steroid dienone is 1. The summed E-state index contributed by atoms with van der Waals surface area (Å²) in [6.07, 6.45) is 2.06. The molecule has 1 aliphatic heterocycles. The second-order valence-electron chi connectivity index (χ2n) is 7.45. The average Bonchev–Trinajstić information content (AvgIpc) is 3.26. The summed E-state index contributed by atoms with van der Waals surface area (Å²) in [5.41, 5.74) is 3.18. The maximum atomic E-state index is 13.2. The molecule has 0 radical (unpaired) electrons. The summed E-state index contributed by atoms with van der Waals surface area (Å²) in [4.78, 5) is 17.1. The van der Waals surface area contributed by atoms with Crippen LogP contribution in [0.25, 0.3) is 5.70 Å². The molecule has 1 unspecified atom stereocenters. The molecule has 7 nitrogen and oxygen atoms in total. The van der Waals surface area contributed by atoms with Crippen molar-refractivity contribution in [2.75, 3.05) is 17.7 Å². The van der Waals surface area contributed by atoms with Gasteiger partial charge in [-0.05, 0) is 53.6 Å². The van der Waals surface area contributed by atoms with Crippen LogP contribution in [-0.2, 0) is 0 Å². The second-order valence-corrected chi connectivity index (χ2v) is 7.45. The number of halogens is 2. The second kappa shape index (κ2) is 9.76. The van der Waals surface area contributed by atoms with Gasteiger partial charge in [0.15, 0.2) is 0 Å². The topological polar surface area (TPSA) is 81.1 Å². The van der Waals surface area contributed by atoms with Gasteiger partial charge < -0.3 is 10.1 Å². The maximum absolute atomic E-state index is 13.2. The van der Waals surface area contributed by atoms with Crippen LogP contribution in [0.15, 0.2) is 84.9 Å². The van der Waals surface area contributed by atoms with Crippen molar-refractivity contribution in [3.8, 4) is 5.75 Å². The van der Waals surface area contributed by atoms with Crippen molar-refractivity contribution in [2.45, 2.75) is 6.04 Å². The number of carbonyl (C=O) groups is 1. The van der Waals surface area contributed by atoms with Gasteiger partial charge in [0.2, 0.25) is 5.95 Å². The van der Waals surface area contributed by atoms with E-state index in [4.69, 9.17) is 4.74 Å². The molecule has 2 heterocycles. The number of fused-ring (bicyclic) bond motifs is 1. The van der Waals surface area contributed by atoms with Crippen LogP contribution in [0.2, 0.25) is 0 Å². The van der Waals surface area contributed by atoms with Gasteiger partial charge in [-0.1, -0.05) is 42.5 Å². The van der Waals surface area contributed by atoms with Crippen LogP contribution in [-0.4, -0.2) is 27.8 Å². The summed E-state index contributed by atoms with van der Waals surface area (Å²) in [6.45, 7) is 0. The Morgan fingerprint density at radius 1 is 1.03 bits per heavy atom. The molecule has 4 aromatic rings. The zero-order valence-corrected chi connectivity index (χ0v) is 18.9. The molecule has 172 valence electrons. The minimum Gasteiger partial charge on any atom is -0.497 e. The predicted octanol–water partition coefficient (Wildman–Crippen LogP) is 5.16. The van der Waals surface area contributed by atoms with Gasteiger partial charge in [0.1, 0.15) is 17.6 Å². The molecule has 0 fully saturated rings. The van der Waals surface area contributed by atoms with E-state index in [2.05, 4.69) is 26.8 Å². The van der Waals surface area contributed by atoms with E-state index in [-0.39, 0.29) is 24.4 Å². The number of ether oxygens (including phenoxy) is 1. The molecule has 0 aliphatic carbocycles. The van der Waals surface area contributed by atoms with Crippen LogP contribution in [0.4, 0.5) is 16.3 Å². The van der Waals surface area contributed by atoms with Crippen LogP contribution in [0.3, 0.4) is 0 Å². The minimum atomic E-state index is -0.421. The number of amides is 1. The molecule has 1 aliphatic rings. The third-order valence-electron chi connectivity index (χ3n) is 5.34. The Labute approximate surface area is 201 Å². The summed E-state index contributed by atoms with van der Waals surface area (Å²) in [5, 5.41) is 10.5. The molecular weight excluding hydrogens is 457 g/mol. The van der Waals surface area contributed by atoms with Crippen LogP contribution >= 0.6 is 12.4 Å². The van der Waals surface area contributed by atoms with Gasteiger partial charge in [-0.3, -0.25) is 10.1 Å². The molecular formula is C25H21ClFN5O2. The van der Waals surface area contributed by atoms with Gasteiger partial charge in [-0.25, -0.2) is 9.07 Å². The molecule has 1 amide bonds. The highest BCUT2D eigenvalue weighted by Crippen LogP contribution is 2.33. The van der Waals surface area contributed by atoms with Crippen LogP contribution in [0.1, 0.15) is 27.5 Å². The third kappa shape index (κ3) is 4.62. The van der Waals surface area contributed by atoms with Crippen molar-refractivity contribution in [1.29, 1.82) is 0 Å². The Kier molecular flexibility index (Phi) is 6.60. The standard InChI is InChI=1S/C25H20FN5O2.ClH/c1-33-20-13-9-17(10-14-20)22-15-21(16-5-3-2-4-6-16)27-25-29-24(30-31(22)25)28-23(32)18-7-11-19(26)12-8-18;/h2-15,22H,1H3,(H2,27,28,29,30,32);1H. The highest BCUT2D eigenvalue weighted by Gasteiger charge is 2.26. The van der Waals surface area contributed by atoms with E-state index in [1.54, 1.807) is 11.8 Å². The number of methoxy groups -OCH3 is 1. The van der Waals surface area contributed by atoms with Crippen molar-refractivity contribution in [1.82, 2.24) is 14.8 Å². The molecule has 5 rings (SSSR count). The highest BCUT2D eigenvalue weighted by atomic mass is 35.5. The predicted molar refractivity (Wildman–Crippen MR) is 131 cm³/mol. The van der Waals surface area contributed by atoms with E-state index in [0.717, 1.165) is 22.6 Å². The number of nitrogens with zero attached hydrogens (tertiary/aromatic N) is 3. The fourth-order valence-electron chi connectivity index (χ4n) is 3.65. The molecule has 0 saturated heterocycles. The third-order valence-corrected chi connectivity index (χ3v) is 5.34. The minimum absolute atomic E-state index is 0. The Hall–Kier alpha value is -4.17. The SMILES string of the molecule is COc1ccc(C2C=C(c3ccccc3)Nc3nc(NC(=O)c4ccc(F)cc4)nn32)cc1.Cl. The maximum Gasteiger partial charge on any atom is 0.258 e. The highest BCUT2D eigenvalue weighted by molar-refractivity contribution is 6.03. The Balaban J connectivity index is 0.00000274. The largest absolute Gasteiger partial charge is 0.497 e. The molecule has 0 spiro atoms. The van der Waals surface area contributed by atoms with Gasteiger partial charge in [0, 0.05) is 11.3 Å². The number of aromatic nitrogens is 3. The molecule has 2 N–H and O–H groups in total. The number of carbonyl (C=O) groups excluding carboxylic acids is 1.